The second-order valence-corrected chi connectivity index (χ2v) is 6.08. The van der Waals surface area contributed by atoms with Gasteiger partial charge in [0.05, 0.1) is 0 Å². The summed E-state index contributed by atoms with van der Waals surface area (Å²) in [5.74, 6) is -0.194. The standard InChI is InChI=1S/C15H22FN3S/c1-18-7-3-4-13(10-18)19(2)9-12-8-11(15(17)20)5-6-14(12)16/h5-6,8,13H,3-4,7,9-10H2,1-2H3,(H2,17,20). The lowest BCUT2D eigenvalue weighted by molar-refractivity contribution is 0.128. The number of likely N-dealkylation sites (tertiary alicyclic amines) is 1. The Morgan fingerprint density at radius 2 is 2.30 bits per heavy atom. The lowest BCUT2D eigenvalue weighted by Gasteiger charge is -2.36. The van der Waals surface area contributed by atoms with Crippen molar-refractivity contribution in [3.63, 3.8) is 0 Å². The molecule has 1 aliphatic heterocycles. The van der Waals surface area contributed by atoms with Crippen LogP contribution >= 0.6 is 12.2 Å². The molecule has 2 N–H and O–H groups in total. The number of halogens is 1. The highest BCUT2D eigenvalue weighted by molar-refractivity contribution is 7.80. The number of benzene rings is 1. The Bertz CT molecular complexity index is 492. The highest BCUT2D eigenvalue weighted by Gasteiger charge is 2.21. The Balaban J connectivity index is 2.08. The van der Waals surface area contributed by atoms with Crippen molar-refractivity contribution in [3.8, 4) is 0 Å². The molecule has 1 atom stereocenters. The minimum Gasteiger partial charge on any atom is -0.389 e. The van der Waals surface area contributed by atoms with Gasteiger partial charge in [0.1, 0.15) is 10.8 Å². The maximum absolute atomic E-state index is 13.9. The molecule has 1 heterocycles. The third-order valence-electron chi connectivity index (χ3n) is 3.97. The molecule has 1 saturated heterocycles. The molecule has 1 unspecified atom stereocenters. The summed E-state index contributed by atoms with van der Waals surface area (Å²) in [6.07, 6.45) is 2.36. The van der Waals surface area contributed by atoms with Crippen LogP contribution in [0.4, 0.5) is 4.39 Å². The number of nitrogens with two attached hydrogens (primary N) is 1. The highest BCUT2D eigenvalue weighted by atomic mass is 32.1. The number of hydrogen-bond donors (Lipinski definition) is 1. The number of thiocarbonyl (C=S) groups is 1. The van der Waals surface area contributed by atoms with Crippen molar-refractivity contribution in [1.82, 2.24) is 9.80 Å². The van der Waals surface area contributed by atoms with Crippen molar-refractivity contribution in [1.29, 1.82) is 0 Å². The summed E-state index contributed by atoms with van der Waals surface area (Å²) in [5.41, 5.74) is 7.00. The summed E-state index contributed by atoms with van der Waals surface area (Å²) >= 11 is 4.95. The van der Waals surface area contributed by atoms with Gasteiger partial charge < -0.3 is 10.6 Å². The van der Waals surface area contributed by atoms with Gasteiger partial charge in [-0.05, 0) is 51.7 Å². The first-order chi connectivity index (χ1) is 9.47. The number of likely N-dealkylation sites (N-methyl/N-ethyl adjacent to an activating group) is 2. The zero-order valence-electron chi connectivity index (χ0n) is 12.1. The van der Waals surface area contributed by atoms with E-state index in [-0.39, 0.29) is 5.82 Å². The van der Waals surface area contributed by atoms with Crippen LogP contribution in [0.25, 0.3) is 0 Å². The summed E-state index contributed by atoms with van der Waals surface area (Å²) in [7, 11) is 4.19. The molecule has 110 valence electrons. The Labute approximate surface area is 125 Å². The van der Waals surface area contributed by atoms with Gasteiger partial charge >= 0.3 is 0 Å². The molecular weight excluding hydrogens is 273 g/mol. The van der Waals surface area contributed by atoms with Crippen molar-refractivity contribution >= 4 is 17.2 Å². The molecule has 0 aliphatic carbocycles. The van der Waals surface area contributed by atoms with E-state index in [1.165, 1.54) is 12.5 Å². The Hall–Kier alpha value is -1.04. The van der Waals surface area contributed by atoms with E-state index in [1.54, 1.807) is 12.1 Å². The van der Waals surface area contributed by atoms with Gasteiger partial charge in [-0.2, -0.15) is 0 Å². The molecule has 0 radical (unpaired) electrons. The van der Waals surface area contributed by atoms with Gasteiger partial charge in [-0.3, -0.25) is 4.90 Å². The van der Waals surface area contributed by atoms with E-state index in [2.05, 4.69) is 23.9 Å². The van der Waals surface area contributed by atoms with Crippen LogP contribution in [0.15, 0.2) is 18.2 Å². The van der Waals surface area contributed by atoms with E-state index in [0.717, 1.165) is 25.1 Å². The molecule has 0 spiro atoms. The summed E-state index contributed by atoms with van der Waals surface area (Å²) in [5, 5.41) is 0. The lowest BCUT2D eigenvalue weighted by atomic mass is 10.0. The lowest BCUT2D eigenvalue weighted by Crippen LogP contribution is -2.44. The third kappa shape index (κ3) is 3.75. The fourth-order valence-electron chi connectivity index (χ4n) is 2.75. The average Bonchev–Trinajstić information content (AvgIpc) is 2.41. The quantitative estimate of drug-likeness (QED) is 0.861. The van der Waals surface area contributed by atoms with Crippen molar-refractivity contribution in [2.45, 2.75) is 25.4 Å². The van der Waals surface area contributed by atoms with E-state index in [9.17, 15) is 4.39 Å². The zero-order chi connectivity index (χ0) is 14.7. The molecule has 1 aliphatic rings. The van der Waals surface area contributed by atoms with Crippen molar-refractivity contribution in [2.75, 3.05) is 27.2 Å². The van der Waals surface area contributed by atoms with Gasteiger partial charge in [0.15, 0.2) is 0 Å². The molecule has 0 saturated carbocycles. The monoisotopic (exact) mass is 295 g/mol. The molecule has 5 heteroatoms. The second kappa shape index (κ2) is 6.61. The van der Waals surface area contributed by atoms with Crippen LogP contribution in [0.2, 0.25) is 0 Å². The molecule has 3 nitrogen and oxygen atoms in total. The minimum absolute atomic E-state index is 0.194. The van der Waals surface area contributed by atoms with E-state index in [4.69, 9.17) is 18.0 Å². The predicted octanol–water partition coefficient (Wildman–Crippen LogP) is 1.99. The number of hydrogen-bond acceptors (Lipinski definition) is 3. The van der Waals surface area contributed by atoms with Gasteiger partial charge in [0.25, 0.3) is 0 Å². The molecule has 0 bridgehead atoms. The summed E-state index contributed by atoms with van der Waals surface area (Å²) < 4.78 is 13.9. The molecule has 0 aromatic heterocycles. The number of piperidine rings is 1. The van der Waals surface area contributed by atoms with E-state index < -0.39 is 0 Å². The Kier molecular flexibility index (Phi) is 5.07. The minimum atomic E-state index is -0.194. The Morgan fingerprint density at radius 3 is 2.95 bits per heavy atom. The maximum Gasteiger partial charge on any atom is 0.127 e. The van der Waals surface area contributed by atoms with Crippen LogP contribution in [0.1, 0.15) is 24.0 Å². The van der Waals surface area contributed by atoms with Crippen molar-refractivity contribution < 1.29 is 4.39 Å². The first kappa shape index (κ1) is 15.4. The predicted molar refractivity (Wildman–Crippen MR) is 84.3 cm³/mol. The second-order valence-electron chi connectivity index (χ2n) is 5.64. The Morgan fingerprint density at radius 1 is 1.55 bits per heavy atom. The third-order valence-corrected chi connectivity index (χ3v) is 4.21. The molecular formula is C15H22FN3S. The topological polar surface area (TPSA) is 32.5 Å². The van der Waals surface area contributed by atoms with Gasteiger partial charge in [-0.25, -0.2) is 4.39 Å². The molecule has 1 aromatic carbocycles. The largest absolute Gasteiger partial charge is 0.389 e. The molecule has 1 aromatic rings. The smallest absolute Gasteiger partial charge is 0.127 e. The van der Waals surface area contributed by atoms with Crippen LogP contribution in [-0.4, -0.2) is 48.0 Å². The number of rotatable bonds is 4. The van der Waals surface area contributed by atoms with Gasteiger partial charge in [-0.1, -0.05) is 12.2 Å². The zero-order valence-corrected chi connectivity index (χ0v) is 12.9. The number of nitrogens with zero attached hydrogens (tertiary/aromatic N) is 2. The first-order valence-electron chi connectivity index (χ1n) is 6.94. The summed E-state index contributed by atoms with van der Waals surface area (Å²) in [4.78, 5) is 4.86. The van der Waals surface area contributed by atoms with Crippen LogP contribution in [0.5, 0.6) is 0 Å². The summed E-state index contributed by atoms with van der Waals surface area (Å²) in [6.45, 7) is 2.77. The SMILES string of the molecule is CN1CCCC(N(C)Cc2cc(C(N)=S)ccc2F)C1. The fourth-order valence-corrected chi connectivity index (χ4v) is 2.87. The molecule has 0 amide bonds. The normalized spacial score (nSPS) is 20.3. The van der Waals surface area contributed by atoms with Crippen LogP contribution in [0, 0.1) is 5.82 Å². The fraction of sp³-hybridized carbons (Fsp3) is 0.533. The van der Waals surface area contributed by atoms with E-state index >= 15 is 0 Å². The maximum atomic E-state index is 13.9. The van der Waals surface area contributed by atoms with Crippen LogP contribution < -0.4 is 5.73 Å². The van der Waals surface area contributed by atoms with Crippen LogP contribution in [-0.2, 0) is 6.54 Å². The van der Waals surface area contributed by atoms with Crippen molar-refractivity contribution in [3.05, 3.63) is 35.1 Å². The molecule has 2 rings (SSSR count). The van der Waals surface area contributed by atoms with E-state index in [0.29, 0.717) is 23.1 Å². The van der Waals surface area contributed by atoms with Gasteiger partial charge in [-0.15, -0.1) is 0 Å². The molecule has 20 heavy (non-hydrogen) atoms. The average molecular weight is 295 g/mol. The van der Waals surface area contributed by atoms with Crippen molar-refractivity contribution in [2.24, 2.45) is 5.73 Å². The summed E-state index contributed by atoms with van der Waals surface area (Å²) in [6, 6.07) is 5.32. The van der Waals surface area contributed by atoms with Gasteiger partial charge in [0.2, 0.25) is 0 Å². The highest BCUT2D eigenvalue weighted by Crippen LogP contribution is 2.18. The van der Waals surface area contributed by atoms with Gasteiger partial charge in [0, 0.05) is 30.3 Å². The van der Waals surface area contributed by atoms with Crippen LogP contribution in [0.3, 0.4) is 0 Å². The van der Waals surface area contributed by atoms with E-state index in [1.807, 2.05) is 0 Å². The molecule has 1 fully saturated rings. The first-order valence-corrected chi connectivity index (χ1v) is 7.35.